The van der Waals surface area contributed by atoms with E-state index in [-0.39, 0.29) is 24.8 Å². The van der Waals surface area contributed by atoms with Gasteiger partial charge in [-0.2, -0.15) is 0 Å². The summed E-state index contributed by atoms with van der Waals surface area (Å²) >= 11 is 0. The van der Waals surface area contributed by atoms with E-state index in [4.69, 9.17) is 5.90 Å². The van der Waals surface area contributed by atoms with Gasteiger partial charge in [0.2, 0.25) is 0 Å². The molecule has 1 aliphatic heterocycles. The molecule has 3 N–H and O–H groups in total. The van der Waals surface area contributed by atoms with Crippen LogP contribution in [-0.4, -0.2) is 19.2 Å². The molecule has 1 heterocycles. The second kappa shape index (κ2) is 10.5. The highest BCUT2D eigenvalue weighted by Gasteiger charge is 2.21. The molecule has 1 aliphatic rings. The van der Waals surface area contributed by atoms with Crippen LogP contribution in [0.15, 0.2) is 30.3 Å². The second-order valence-corrected chi connectivity index (χ2v) is 4.89. The van der Waals surface area contributed by atoms with Crippen molar-refractivity contribution in [2.24, 2.45) is 11.8 Å². The van der Waals surface area contributed by atoms with E-state index in [1.54, 1.807) is 0 Å². The first-order chi connectivity index (χ1) is 8.38. The summed E-state index contributed by atoms with van der Waals surface area (Å²) in [6, 6.07) is 11.3. The van der Waals surface area contributed by atoms with Gasteiger partial charge in [0, 0.05) is 6.04 Å². The predicted molar refractivity (Wildman–Crippen MR) is 83.9 cm³/mol. The summed E-state index contributed by atoms with van der Waals surface area (Å²) in [5, 5.41) is 3.53. The number of rotatable bonds is 5. The van der Waals surface area contributed by atoms with E-state index < -0.39 is 0 Å². The van der Waals surface area contributed by atoms with Crippen molar-refractivity contribution in [1.29, 1.82) is 0 Å². The van der Waals surface area contributed by atoms with E-state index in [0.29, 0.717) is 12.6 Å². The topological polar surface area (TPSA) is 47.3 Å². The van der Waals surface area contributed by atoms with E-state index in [9.17, 15) is 0 Å². The van der Waals surface area contributed by atoms with Crippen molar-refractivity contribution in [2.75, 3.05) is 13.2 Å². The predicted octanol–water partition coefficient (Wildman–Crippen LogP) is 2.72. The van der Waals surface area contributed by atoms with Gasteiger partial charge in [-0.15, -0.1) is 24.8 Å². The van der Waals surface area contributed by atoms with E-state index >= 15 is 0 Å². The Hall–Kier alpha value is -0.320. The third-order valence-electron chi connectivity index (χ3n) is 3.55. The van der Waals surface area contributed by atoms with Crippen LogP contribution < -0.4 is 11.2 Å². The largest absolute Gasteiger partial charge is 0.314 e. The lowest BCUT2D eigenvalue weighted by atomic mass is 9.86. The van der Waals surface area contributed by atoms with Crippen LogP contribution in [0.1, 0.15) is 24.8 Å². The number of hydrogen-bond acceptors (Lipinski definition) is 3. The molecule has 0 aromatic heterocycles. The summed E-state index contributed by atoms with van der Waals surface area (Å²) in [5.74, 6) is 5.87. The van der Waals surface area contributed by atoms with Crippen LogP contribution in [0.2, 0.25) is 0 Å². The first kappa shape index (κ1) is 18.7. The summed E-state index contributed by atoms with van der Waals surface area (Å²) in [5.41, 5.74) is 1.45. The zero-order chi connectivity index (χ0) is 11.9. The number of piperidine rings is 1. The molecule has 0 radical (unpaired) electrons. The lowest BCUT2D eigenvalue weighted by Gasteiger charge is -2.30. The molecule has 1 aromatic carbocycles. The smallest absolute Gasteiger partial charge is 0.0694 e. The fraction of sp³-hybridized carbons (Fsp3) is 0.571. The summed E-state index contributed by atoms with van der Waals surface area (Å²) < 4.78 is 0. The van der Waals surface area contributed by atoms with Crippen molar-refractivity contribution in [3.8, 4) is 0 Å². The minimum atomic E-state index is 0. The molecule has 110 valence electrons. The lowest BCUT2D eigenvalue weighted by Crippen LogP contribution is -2.39. The molecule has 1 saturated heterocycles. The zero-order valence-corrected chi connectivity index (χ0v) is 12.7. The minimum Gasteiger partial charge on any atom is -0.314 e. The van der Waals surface area contributed by atoms with Gasteiger partial charge in [-0.25, -0.2) is 5.90 Å². The standard InChI is InChI=1S/C14H22N2O.2ClH/c15-17-9-7-14-11-13(6-8-16-14)10-12-4-2-1-3-5-12;;/h1-5,13-14,16H,6-11,15H2;2*1H. The molecule has 3 nitrogen and oxygen atoms in total. The maximum absolute atomic E-state index is 5.08. The summed E-state index contributed by atoms with van der Waals surface area (Å²) in [6.45, 7) is 1.77. The van der Waals surface area contributed by atoms with Crippen LogP contribution in [0.3, 0.4) is 0 Å². The van der Waals surface area contributed by atoms with E-state index in [0.717, 1.165) is 18.9 Å². The van der Waals surface area contributed by atoms with Crippen molar-refractivity contribution in [1.82, 2.24) is 5.32 Å². The minimum absolute atomic E-state index is 0. The molecule has 5 heteroatoms. The number of nitrogens with two attached hydrogens (primary N) is 1. The van der Waals surface area contributed by atoms with Crippen molar-refractivity contribution in [3.63, 3.8) is 0 Å². The van der Waals surface area contributed by atoms with Gasteiger partial charge in [0.05, 0.1) is 6.61 Å². The van der Waals surface area contributed by atoms with Gasteiger partial charge < -0.3 is 10.2 Å². The molecule has 0 saturated carbocycles. The SMILES string of the molecule is Cl.Cl.NOCCC1CC(Cc2ccccc2)CCN1. The monoisotopic (exact) mass is 306 g/mol. The van der Waals surface area contributed by atoms with Gasteiger partial charge in [0.25, 0.3) is 0 Å². The normalized spacial score (nSPS) is 22.2. The van der Waals surface area contributed by atoms with Crippen LogP contribution in [0.4, 0.5) is 0 Å². The van der Waals surface area contributed by atoms with Gasteiger partial charge in [-0.3, -0.25) is 0 Å². The lowest BCUT2D eigenvalue weighted by molar-refractivity contribution is 0.119. The molecule has 19 heavy (non-hydrogen) atoms. The highest BCUT2D eigenvalue weighted by Crippen LogP contribution is 2.22. The van der Waals surface area contributed by atoms with E-state index in [1.807, 2.05) is 0 Å². The average Bonchev–Trinajstić information content (AvgIpc) is 2.38. The Bertz CT molecular complexity index is 324. The van der Waals surface area contributed by atoms with Gasteiger partial charge in [0.15, 0.2) is 0 Å². The van der Waals surface area contributed by atoms with Crippen LogP contribution in [0.5, 0.6) is 0 Å². The van der Waals surface area contributed by atoms with Crippen molar-refractivity contribution in [2.45, 2.75) is 31.7 Å². The summed E-state index contributed by atoms with van der Waals surface area (Å²) in [4.78, 5) is 4.66. The van der Waals surface area contributed by atoms with E-state index in [2.05, 4.69) is 40.5 Å². The molecule has 0 aliphatic carbocycles. The molecule has 0 bridgehead atoms. The maximum atomic E-state index is 5.08. The first-order valence-electron chi connectivity index (χ1n) is 6.47. The van der Waals surface area contributed by atoms with Gasteiger partial charge in [-0.1, -0.05) is 30.3 Å². The average molecular weight is 307 g/mol. The Kier molecular flexibility index (Phi) is 10.3. The number of hydrogen-bond donors (Lipinski definition) is 2. The molecular formula is C14H24Cl2N2O. The molecule has 1 aromatic rings. The molecule has 2 rings (SSSR count). The quantitative estimate of drug-likeness (QED) is 0.822. The number of benzene rings is 1. The Labute approximate surface area is 128 Å². The fourth-order valence-electron chi connectivity index (χ4n) is 2.66. The molecule has 1 fully saturated rings. The zero-order valence-electron chi connectivity index (χ0n) is 11.1. The first-order valence-corrected chi connectivity index (χ1v) is 6.47. The molecule has 0 spiro atoms. The summed E-state index contributed by atoms with van der Waals surface area (Å²) in [6.07, 6.45) is 4.72. The van der Waals surface area contributed by atoms with Crippen LogP contribution in [0.25, 0.3) is 0 Å². The van der Waals surface area contributed by atoms with Crippen LogP contribution in [0, 0.1) is 5.92 Å². The van der Waals surface area contributed by atoms with Crippen LogP contribution in [-0.2, 0) is 11.3 Å². The van der Waals surface area contributed by atoms with Crippen LogP contribution >= 0.6 is 24.8 Å². The Morgan fingerprint density at radius 1 is 1.21 bits per heavy atom. The van der Waals surface area contributed by atoms with Gasteiger partial charge >= 0.3 is 0 Å². The second-order valence-electron chi connectivity index (χ2n) is 4.89. The Balaban J connectivity index is 0.00000162. The molecule has 0 amide bonds. The molecular weight excluding hydrogens is 283 g/mol. The third kappa shape index (κ3) is 6.59. The van der Waals surface area contributed by atoms with Crippen molar-refractivity contribution >= 4 is 24.8 Å². The maximum Gasteiger partial charge on any atom is 0.0694 e. The van der Waals surface area contributed by atoms with Gasteiger partial charge in [0.1, 0.15) is 0 Å². The Morgan fingerprint density at radius 2 is 1.95 bits per heavy atom. The number of nitrogens with one attached hydrogen (secondary N) is 1. The highest BCUT2D eigenvalue weighted by molar-refractivity contribution is 5.85. The summed E-state index contributed by atoms with van der Waals surface area (Å²) in [7, 11) is 0. The van der Waals surface area contributed by atoms with Crippen molar-refractivity contribution in [3.05, 3.63) is 35.9 Å². The third-order valence-corrected chi connectivity index (χ3v) is 3.55. The fourth-order valence-corrected chi connectivity index (χ4v) is 2.66. The van der Waals surface area contributed by atoms with Gasteiger partial charge in [-0.05, 0) is 43.7 Å². The molecule has 2 unspecified atom stereocenters. The Morgan fingerprint density at radius 3 is 2.63 bits per heavy atom. The highest BCUT2D eigenvalue weighted by atomic mass is 35.5. The van der Waals surface area contributed by atoms with Crippen molar-refractivity contribution < 1.29 is 4.84 Å². The van der Waals surface area contributed by atoms with E-state index in [1.165, 1.54) is 24.8 Å². The molecule has 2 atom stereocenters. The number of halogens is 2.